The number of nitrogens with zero attached hydrogens (tertiary/aromatic N) is 2. The van der Waals surface area contributed by atoms with Crippen LogP contribution >= 0.6 is 0 Å². The molecule has 1 rings (SSSR count). The number of aromatic nitrogens is 2. The van der Waals surface area contributed by atoms with Crippen molar-refractivity contribution >= 4 is 12.1 Å². The summed E-state index contributed by atoms with van der Waals surface area (Å²) >= 11 is 0. The number of ether oxygens (including phenoxy) is 1. The van der Waals surface area contributed by atoms with Gasteiger partial charge in [0.1, 0.15) is 5.60 Å². The molecule has 0 radical (unpaired) electrons. The summed E-state index contributed by atoms with van der Waals surface area (Å²) in [6.07, 6.45) is 3.22. The molecule has 0 saturated heterocycles. The van der Waals surface area contributed by atoms with Crippen LogP contribution in [0.5, 0.6) is 0 Å². The lowest BCUT2D eigenvalue weighted by Gasteiger charge is -2.23. The van der Waals surface area contributed by atoms with Crippen molar-refractivity contribution < 1.29 is 19.4 Å². The third-order valence-electron chi connectivity index (χ3n) is 2.64. The molecule has 2 N–H and O–H groups in total. The molecular weight excluding hydrogens is 274 g/mol. The Morgan fingerprint density at radius 2 is 2.14 bits per heavy atom. The van der Waals surface area contributed by atoms with Crippen molar-refractivity contribution in [3.05, 3.63) is 18.2 Å². The van der Waals surface area contributed by atoms with Crippen LogP contribution in [0.1, 0.15) is 52.3 Å². The van der Waals surface area contributed by atoms with E-state index in [0.717, 1.165) is 6.42 Å². The lowest BCUT2D eigenvalue weighted by molar-refractivity contribution is -0.137. The molecule has 0 fully saturated rings. The molecule has 0 bridgehead atoms. The summed E-state index contributed by atoms with van der Waals surface area (Å²) in [5.74, 6) is -1.000. The van der Waals surface area contributed by atoms with Crippen molar-refractivity contribution in [1.82, 2.24) is 14.9 Å². The zero-order valence-corrected chi connectivity index (χ0v) is 12.9. The van der Waals surface area contributed by atoms with Crippen LogP contribution in [0.25, 0.3) is 0 Å². The molecule has 21 heavy (non-hydrogen) atoms. The molecule has 0 aliphatic carbocycles. The van der Waals surface area contributed by atoms with Gasteiger partial charge < -0.3 is 19.7 Å². The molecule has 0 aliphatic heterocycles. The van der Waals surface area contributed by atoms with Crippen molar-refractivity contribution in [2.75, 3.05) is 0 Å². The summed E-state index contributed by atoms with van der Waals surface area (Å²) in [6, 6.07) is -0.675. The number of carboxylic acid groups (broad SMARTS) is 1. The van der Waals surface area contributed by atoms with Crippen molar-refractivity contribution in [3.63, 3.8) is 0 Å². The first-order chi connectivity index (χ1) is 9.73. The molecule has 7 heteroatoms. The number of alkyl carbamates (subject to hydrolysis) is 1. The summed E-state index contributed by atoms with van der Waals surface area (Å²) in [6.45, 7) is 7.97. The number of hydrogen-bond acceptors (Lipinski definition) is 4. The monoisotopic (exact) mass is 297 g/mol. The number of carbonyl (C=O) groups is 2. The Kier molecular flexibility index (Phi) is 5.75. The van der Waals surface area contributed by atoms with E-state index in [0.29, 0.717) is 12.2 Å². The standard InChI is InChI=1S/C14H23N3O4/c1-5-6-17-9-15-8-11(17)10(7-12(18)19)16-13(20)21-14(2,3)4/h8-10H,5-7H2,1-4H3,(H,16,20)(H,18,19)/t10-/m1/s1. The molecular formula is C14H23N3O4. The maximum absolute atomic E-state index is 11.9. The van der Waals surface area contributed by atoms with Crippen molar-refractivity contribution in [2.45, 2.75) is 58.7 Å². The molecule has 1 aromatic rings. The summed E-state index contributed by atoms with van der Waals surface area (Å²) in [4.78, 5) is 26.9. The molecule has 0 spiro atoms. The molecule has 0 aromatic carbocycles. The van der Waals surface area contributed by atoms with E-state index in [-0.39, 0.29) is 6.42 Å². The van der Waals surface area contributed by atoms with Gasteiger partial charge in [0.25, 0.3) is 0 Å². The minimum atomic E-state index is -1.000. The predicted octanol–water partition coefficient (Wildman–Crippen LogP) is 2.33. The normalized spacial score (nSPS) is 12.8. The van der Waals surface area contributed by atoms with Crippen LogP contribution in [-0.2, 0) is 16.1 Å². The van der Waals surface area contributed by atoms with E-state index in [2.05, 4.69) is 10.3 Å². The van der Waals surface area contributed by atoms with Gasteiger partial charge in [-0.2, -0.15) is 0 Å². The van der Waals surface area contributed by atoms with Gasteiger partial charge >= 0.3 is 12.1 Å². The van der Waals surface area contributed by atoms with E-state index < -0.39 is 23.7 Å². The third-order valence-corrected chi connectivity index (χ3v) is 2.64. The molecule has 1 heterocycles. The highest BCUT2D eigenvalue weighted by atomic mass is 16.6. The zero-order chi connectivity index (χ0) is 16.0. The number of imidazole rings is 1. The van der Waals surface area contributed by atoms with Gasteiger partial charge in [-0.15, -0.1) is 0 Å². The lowest BCUT2D eigenvalue weighted by Crippen LogP contribution is -2.36. The highest BCUT2D eigenvalue weighted by Gasteiger charge is 2.24. The maximum Gasteiger partial charge on any atom is 0.408 e. The van der Waals surface area contributed by atoms with Crippen LogP contribution in [0.4, 0.5) is 4.79 Å². The molecule has 1 aromatic heterocycles. The van der Waals surface area contributed by atoms with Crippen LogP contribution in [0.15, 0.2) is 12.5 Å². The van der Waals surface area contributed by atoms with E-state index in [4.69, 9.17) is 9.84 Å². The first-order valence-electron chi connectivity index (χ1n) is 6.94. The number of nitrogens with one attached hydrogen (secondary N) is 1. The highest BCUT2D eigenvalue weighted by Crippen LogP contribution is 2.18. The van der Waals surface area contributed by atoms with Crippen LogP contribution in [-0.4, -0.2) is 32.3 Å². The highest BCUT2D eigenvalue weighted by molar-refractivity contribution is 5.72. The number of rotatable bonds is 6. The number of hydrogen-bond donors (Lipinski definition) is 2. The van der Waals surface area contributed by atoms with Gasteiger partial charge in [-0.1, -0.05) is 6.92 Å². The molecule has 118 valence electrons. The van der Waals surface area contributed by atoms with Crippen molar-refractivity contribution in [1.29, 1.82) is 0 Å². The van der Waals surface area contributed by atoms with Gasteiger partial charge in [-0.25, -0.2) is 9.78 Å². The van der Waals surface area contributed by atoms with Crippen LogP contribution in [0.3, 0.4) is 0 Å². The Labute approximate surface area is 124 Å². The SMILES string of the molecule is CCCn1cncc1[C@@H](CC(=O)O)NC(=O)OC(C)(C)C. The molecule has 7 nitrogen and oxygen atoms in total. The Morgan fingerprint density at radius 1 is 1.48 bits per heavy atom. The maximum atomic E-state index is 11.9. The van der Waals surface area contributed by atoms with Gasteiger partial charge in [0, 0.05) is 6.54 Å². The summed E-state index contributed by atoms with van der Waals surface area (Å²) in [5, 5.41) is 11.6. The molecule has 0 saturated carbocycles. The lowest BCUT2D eigenvalue weighted by atomic mass is 10.1. The van der Waals surface area contributed by atoms with Crippen LogP contribution < -0.4 is 5.32 Å². The molecule has 0 unspecified atom stereocenters. The first kappa shape index (κ1) is 17.0. The van der Waals surface area contributed by atoms with Gasteiger partial charge in [-0.05, 0) is 27.2 Å². The first-order valence-corrected chi connectivity index (χ1v) is 6.94. The van der Waals surface area contributed by atoms with E-state index in [1.807, 2.05) is 11.5 Å². The van der Waals surface area contributed by atoms with Gasteiger partial charge in [0.05, 0.1) is 30.7 Å². The fourth-order valence-electron chi connectivity index (χ4n) is 1.90. The summed E-state index contributed by atoms with van der Waals surface area (Å²) in [7, 11) is 0. The van der Waals surface area contributed by atoms with E-state index >= 15 is 0 Å². The van der Waals surface area contributed by atoms with E-state index in [1.54, 1.807) is 33.3 Å². The number of aryl methyl sites for hydroxylation is 1. The van der Waals surface area contributed by atoms with Gasteiger partial charge in [0.2, 0.25) is 0 Å². The predicted molar refractivity (Wildman–Crippen MR) is 76.9 cm³/mol. The Morgan fingerprint density at radius 3 is 2.67 bits per heavy atom. The second-order valence-electron chi connectivity index (χ2n) is 5.81. The fraction of sp³-hybridized carbons (Fsp3) is 0.643. The Hall–Kier alpha value is -2.05. The second kappa shape index (κ2) is 7.10. The van der Waals surface area contributed by atoms with Crippen LogP contribution in [0, 0.1) is 0 Å². The number of aliphatic carboxylic acids is 1. The second-order valence-corrected chi connectivity index (χ2v) is 5.81. The molecule has 1 atom stereocenters. The minimum absolute atomic E-state index is 0.228. The van der Waals surface area contributed by atoms with E-state index in [1.165, 1.54) is 0 Å². The summed E-state index contributed by atoms with van der Waals surface area (Å²) < 4.78 is 7.01. The quantitative estimate of drug-likeness (QED) is 0.840. The Balaban J connectivity index is 2.87. The van der Waals surface area contributed by atoms with Crippen molar-refractivity contribution in [2.24, 2.45) is 0 Å². The smallest absolute Gasteiger partial charge is 0.408 e. The third kappa shape index (κ3) is 5.85. The minimum Gasteiger partial charge on any atom is -0.481 e. The number of carboxylic acids is 1. The largest absolute Gasteiger partial charge is 0.481 e. The number of carbonyl (C=O) groups excluding carboxylic acids is 1. The van der Waals surface area contributed by atoms with Gasteiger partial charge in [0.15, 0.2) is 0 Å². The number of amides is 1. The Bertz CT molecular complexity index is 491. The van der Waals surface area contributed by atoms with Crippen molar-refractivity contribution in [3.8, 4) is 0 Å². The fourth-order valence-corrected chi connectivity index (χ4v) is 1.90. The van der Waals surface area contributed by atoms with E-state index in [9.17, 15) is 9.59 Å². The molecule has 1 amide bonds. The topological polar surface area (TPSA) is 93.5 Å². The zero-order valence-electron chi connectivity index (χ0n) is 12.9. The average Bonchev–Trinajstić information content (AvgIpc) is 2.73. The average molecular weight is 297 g/mol. The summed E-state index contributed by atoms with van der Waals surface area (Å²) in [5.41, 5.74) is 0.0201. The molecule has 0 aliphatic rings. The van der Waals surface area contributed by atoms with Gasteiger partial charge in [-0.3, -0.25) is 4.79 Å². The van der Waals surface area contributed by atoms with Crippen LogP contribution in [0.2, 0.25) is 0 Å².